The van der Waals surface area contributed by atoms with Gasteiger partial charge >= 0.3 is 5.97 Å². The first-order valence-electron chi connectivity index (χ1n) is 5.79. The molecule has 7 nitrogen and oxygen atoms in total. The van der Waals surface area contributed by atoms with Crippen molar-refractivity contribution in [2.24, 2.45) is 0 Å². The molecule has 20 heavy (non-hydrogen) atoms. The van der Waals surface area contributed by atoms with Crippen LogP contribution in [-0.4, -0.2) is 35.0 Å². The molecule has 0 bridgehead atoms. The zero-order chi connectivity index (χ0) is 14.6. The van der Waals surface area contributed by atoms with Crippen molar-refractivity contribution in [3.63, 3.8) is 0 Å². The van der Waals surface area contributed by atoms with Crippen molar-refractivity contribution in [2.45, 2.75) is 6.42 Å². The van der Waals surface area contributed by atoms with Crippen LogP contribution in [0.1, 0.15) is 6.42 Å². The summed E-state index contributed by atoms with van der Waals surface area (Å²) < 4.78 is 27.2. The fraction of sp³-hybridized carbons (Fsp3) is 0.167. The summed E-state index contributed by atoms with van der Waals surface area (Å²) in [4.78, 5) is 10.4. The van der Waals surface area contributed by atoms with Crippen LogP contribution >= 0.6 is 0 Å². The molecule has 0 fully saturated rings. The van der Waals surface area contributed by atoms with Gasteiger partial charge in [-0.15, -0.1) is 0 Å². The minimum atomic E-state index is -3.65. The molecule has 8 heteroatoms. The van der Waals surface area contributed by atoms with Gasteiger partial charge in [0.15, 0.2) is 0 Å². The normalized spacial score (nSPS) is 11.2. The van der Waals surface area contributed by atoms with E-state index in [1.54, 1.807) is 47.4 Å². The molecule has 2 aromatic rings. The summed E-state index contributed by atoms with van der Waals surface area (Å²) in [6.45, 7) is 0. The van der Waals surface area contributed by atoms with Crippen LogP contribution in [0.2, 0.25) is 0 Å². The molecule has 0 aliphatic heterocycles. The number of carboxylic acids is 1. The number of sulfonamides is 1. The second-order valence-electron chi connectivity index (χ2n) is 4.06. The summed E-state index contributed by atoms with van der Waals surface area (Å²) >= 11 is 0. The summed E-state index contributed by atoms with van der Waals surface area (Å²) in [5, 5.41) is 12.5. The molecule has 0 unspecified atom stereocenters. The molecule has 2 N–H and O–H groups in total. The number of rotatable bonds is 6. The number of nitrogens with zero attached hydrogens (tertiary/aromatic N) is 2. The predicted molar refractivity (Wildman–Crippen MR) is 73.2 cm³/mol. The monoisotopic (exact) mass is 295 g/mol. The average Bonchev–Trinajstić information content (AvgIpc) is 2.91. The van der Waals surface area contributed by atoms with E-state index in [4.69, 9.17) is 5.11 Å². The molecular weight excluding hydrogens is 282 g/mol. The molecular formula is C12H13N3O4S. The van der Waals surface area contributed by atoms with Crippen LogP contribution in [0.5, 0.6) is 0 Å². The highest BCUT2D eigenvalue weighted by Gasteiger charge is 2.12. The van der Waals surface area contributed by atoms with Crippen LogP contribution in [-0.2, 0) is 14.8 Å². The van der Waals surface area contributed by atoms with Crippen molar-refractivity contribution in [3.05, 3.63) is 42.7 Å². The predicted octanol–water partition coefficient (Wildman–Crippen LogP) is 1.09. The molecule has 0 saturated heterocycles. The van der Waals surface area contributed by atoms with Crippen molar-refractivity contribution >= 4 is 21.7 Å². The summed E-state index contributed by atoms with van der Waals surface area (Å²) in [5.74, 6) is -1.60. The van der Waals surface area contributed by atoms with Crippen LogP contribution < -0.4 is 4.72 Å². The Balaban J connectivity index is 2.05. The highest BCUT2D eigenvalue weighted by Crippen LogP contribution is 2.14. The van der Waals surface area contributed by atoms with E-state index >= 15 is 0 Å². The second kappa shape index (κ2) is 5.74. The van der Waals surface area contributed by atoms with Crippen molar-refractivity contribution in [3.8, 4) is 5.69 Å². The molecule has 0 atom stereocenters. The van der Waals surface area contributed by atoms with E-state index < -0.39 is 28.2 Å². The summed E-state index contributed by atoms with van der Waals surface area (Å²) in [5.41, 5.74) is 1.18. The van der Waals surface area contributed by atoms with Crippen molar-refractivity contribution < 1.29 is 18.3 Å². The van der Waals surface area contributed by atoms with Gasteiger partial charge in [-0.25, -0.2) is 13.1 Å². The van der Waals surface area contributed by atoms with Crippen LogP contribution in [0.3, 0.4) is 0 Å². The lowest BCUT2D eigenvalue weighted by molar-refractivity contribution is -0.136. The van der Waals surface area contributed by atoms with Gasteiger partial charge in [0.05, 0.1) is 17.9 Å². The molecule has 0 aliphatic rings. The third-order valence-corrected chi connectivity index (χ3v) is 3.78. The van der Waals surface area contributed by atoms with Gasteiger partial charge in [0.2, 0.25) is 10.0 Å². The fourth-order valence-electron chi connectivity index (χ4n) is 1.56. The first kappa shape index (κ1) is 14.1. The minimum Gasteiger partial charge on any atom is -0.481 e. The number of hydrogen-bond acceptors (Lipinski definition) is 4. The quantitative estimate of drug-likeness (QED) is 0.830. The van der Waals surface area contributed by atoms with E-state index in [-0.39, 0.29) is 0 Å². The molecule has 0 spiro atoms. The number of carboxylic acid groups (broad SMARTS) is 1. The Labute approximate surface area is 115 Å². The van der Waals surface area contributed by atoms with E-state index in [0.717, 1.165) is 5.69 Å². The maximum atomic E-state index is 11.6. The number of aromatic nitrogens is 2. The van der Waals surface area contributed by atoms with Gasteiger partial charge in [-0.1, -0.05) is 0 Å². The smallest absolute Gasteiger partial charge is 0.304 e. The minimum absolute atomic E-state index is 0.381. The van der Waals surface area contributed by atoms with Gasteiger partial charge in [0.25, 0.3) is 0 Å². The summed E-state index contributed by atoms with van der Waals surface area (Å²) in [6.07, 6.45) is 2.98. The molecule has 106 valence electrons. The zero-order valence-electron chi connectivity index (χ0n) is 10.4. The number of aliphatic carboxylic acids is 1. The van der Waals surface area contributed by atoms with E-state index in [1.807, 2.05) is 0 Å². The maximum Gasteiger partial charge on any atom is 0.304 e. The number of anilines is 1. The van der Waals surface area contributed by atoms with E-state index in [2.05, 4.69) is 9.82 Å². The third-order valence-electron chi connectivity index (χ3n) is 2.49. The molecule has 0 aliphatic carbocycles. The van der Waals surface area contributed by atoms with E-state index in [1.165, 1.54) is 0 Å². The number of nitrogens with one attached hydrogen (secondary N) is 1. The molecule has 0 radical (unpaired) electrons. The molecule has 1 heterocycles. The van der Waals surface area contributed by atoms with Gasteiger partial charge in [0, 0.05) is 18.1 Å². The van der Waals surface area contributed by atoms with Crippen molar-refractivity contribution in [2.75, 3.05) is 10.5 Å². The topological polar surface area (TPSA) is 101 Å². The SMILES string of the molecule is O=C(O)CCS(=O)(=O)Nc1ccc(-n2cccn2)cc1. The Kier molecular flexibility index (Phi) is 4.04. The van der Waals surface area contributed by atoms with Crippen LogP contribution in [0.25, 0.3) is 5.69 Å². The second-order valence-corrected chi connectivity index (χ2v) is 5.90. The van der Waals surface area contributed by atoms with Gasteiger partial charge in [0.1, 0.15) is 0 Å². The molecule has 1 aromatic heterocycles. The van der Waals surface area contributed by atoms with E-state index in [0.29, 0.717) is 5.69 Å². The zero-order valence-corrected chi connectivity index (χ0v) is 11.2. The Morgan fingerprint density at radius 3 is 2.55 bits per heavy atom. The lowest BCUT2D eigenvalue weighted by Crippen LogP contribution is -2.18. The number of hydrogen-bond donors (Lipinski definition) is 2. The maximum absolute atomic E-state index is 11.6. The first-order chi connectivity index (χ1) is 9.46. The molecule has 1 aromatic carbocycles. The summed E-state index contributed by atoms with van der Waals surface area (Å²) in [7, 11) is -3.65. The van der Waals surface area contributed by atoms with Crippen LogP contribution in [0.15, 0.2) is 42.7 Å². The first-order valence-corrected chi connectivity index (χ1v) is 7.44. The van der Waals surface area contributed by atoms with Crippen molar-refractivity contribution in [1.29, 1.82) is 0 Å². The number of carbonyl (C=O) groups is 1. The average molecular weight is 295 g/mol. The Morgan fingerprint density at radius 2 is 2.00 bits per heavy atom. The Hall–Kier alpha value is -2.35. The van der Waals surface area contributed by atoms with Crippen LogP contribution in [0, 0.1) is 0 Å². The highest BCUT2D eigenvalue weighted by molar-refractivity contribution is 7.92. The summed E-state index contributed by atoms with van der Waals surface area (Å²) in [6, 6.07) is 8.39. The lowest BCUT2D eigenvalue weighted by atomic mass is 10.3. The number of benzene rings is 1. The Bertz CT molecular complexity index is 678. The fourth-order valence-corrected chi connectivity index (χ4v) is 2.60. The van der Waals surface area contributed by atoms with E-state index in [9.17, 15) is 13.2 Å². The van der Waals surface area contributed by atoms with Gasteiger partial charge < -0.3 is 5.11 Å². The largest absolute Gasteiger partial charge is 0.481 e. The van der Waals surface area contributed by atoms with Crippen molar-refractivity contribution in [1.82, 2.24) is 9.78 Å². The molecule has 0 amide bonds. The highest BCUT2D eigenvalue weighted by atomic mass is 32.2. The van der Waals surface area contributed by atoms with Gasteiger partial charge in [-0.3, -0.25) is 9.52 Å². The van der Waals surface area contributed by atoms with Gasteiger partial charge in [-0.05, 0) is 30.3 Å². The molecule has 0 saturated carbocycles. The Morgan fingerprint density at radius 1 is 1.30 bits per heavy atom. The van der Waals surface area contributed by atoms with Crippen LogP contribution in [0.4, 0.5) is 5.69 Å². The third kappa shape index (κ3) is 3.82. The lowest BCUT2D eigenvalue weighted by Gasteiger charge is -2.08. The standard InChI is InChI=1S/C12H13N3O4S/c16-12(17)6-9-20(18,19)14-10-2-4-11(5-3-10)15-8-1-7-13-15/h1-5,7-8,14H,6,9H2,(H,16,17). The molecule has 2 rings (SSSR count). The van der Waals surface area contributed by atoms with Gasteiger partial charge in [-0.2, -0.15) is 5.10 Å².